The zero-order valence-corrected chi connectivity index (χ0v) is 12.1. The van der Waals surface area contributed by atoms with Gasteiger partial charge in [0.15, 0.2) is 0 Å². The van der Waals surface area contributed by atoms with Crippen LogP contribution < -0.4 is 5.73 Å². The molecule has 2 aliphatic heterocycles. The zero-order chi connectivity index (χ0) is 14.1. The number of carbonyl (C=O) groups excluding carboxylic acids is 1. The van der Waals surface area contributed by atoms with Gasteiger partial charge in [-0.25, -0.2) is 0 Å². The van der Waals surface area contributed by atoms with Crippen molar-refractivity contribution in [3.05, 3.63) is 29.3 Å². The molecule has 1 aromatic rings. The molecule has 1 aromatic carbocycles. The molecule has 2 N–H and O–H groups in total. The third kappa shape index (κ3) is 2.52. The average Bonchev–Trinajstić information content (AvgIpc) is 2.78. The molecular weight excluding hydrogens is 250 g/mol. The Hall–Kier alpha value is -1.55. The van der Waals surface area contributed by atoms with Gasteiger partial charge >= 0.3 is 0 Å². The number of benzene rings is 1. The van der Waals surface area contributed by atoms with Gasteiger partial charge in [-0.3, -0.25) is 9.69 Å². The molecule has 0 spiro atoms. The molecule has 20 heavy (non-hydrogen) atoms. The Morgan fingerprint density at radius 2 is 2.05 bits per heavy atom. The Kier molecular flexibility index (Phi) is 3.66. The van der Waals surface area contributed by atoms with Crippen LogP contribution in [0.25, 0.3) is 0 Å². The van der Waals surface area contributed by atoms with Crippen LogP contribution in [0.3, 0.4) is 0 Å². The summed E-state index contributed by atoms with van der Waals surface area (Å²) >= 11 is 0. The lowest BCUT2D eigenvalue weighted by Gasteiger charge is -2.26. The summed E-state index contributed by atoms with van der Waals surface area (Å²) in [6.07, 6.45) is 3.56. The normalized spacial score (nSPS) is 23.4. The molecule has 4 nitrogen and oxygen atoms in total. The van der Waals surface area contributed by atoms with E-state index in [1.807, 2.05) is 30.0 Å². The van der Waals surface area contributed by atoms with E-state index in [9.17, 15) is 4.79 Å². The van der Waals surface area contributed by atoms with E-state index < -0.39 is 0 Å². The topological polar surface area (TPSA) is 49.6 Å². The quantitative estimate of drug-likeness (QED) is 0.795. The van der Waals surface area contributed by atoms with Gasteiger partial charge in [-0.15, -0.1) is 0 Å². The minimum absolute atomic E-state index is 0.142. The van der Waals surface area contributed by atoms with Crippen molar-refractivity contribution < 1.29 is 4.79 Å². The first-order valence-corrected chi connectivity index (χ1v) is 7.54. The van der Waals surface area contributed by atoms with Crippen molar-refractivity contribution in [1.29, 1.82) is 0 Å². The van der Waals surface area contributed by atoms with Gasteiger partial charge in [0.1, 0.15) is 0 Å². The van der Waals surface area contributed by atoms with Gasteiger partial charge in [0.2, 0.25) is 0 Å². The van der Waals surface area contributed by atoms with Crippen molar-refractivity contribution in [2.45, 2.75) is 32.2 Å². The number of rotatable bonds is 1. The number of nitrogen functional groups attached to an aromatic ring is 1. The Labute approximate surface area is 120 Å². The highest BCUT2D eigenvalue weighted by molar-refractivity contribution is 5.96. The molecular formula is C16H23N3O. The van der Waals surface area contributed by atoms with E-state index in [2.05, 4.69) is 4.90 Å². The number of nitrogens with two attached hydrogens (primary N) is 1. The maximum Gasteiger partial charge on any atom is 0.254 e. The highest BCUT2D eigenvalue weighted by Crippen LogP contribution is 2.23. The number of amides is 1. The van der Waals surface area contributed by atoms with Crippen molar-refractivity contribution in [1.82, 2.24) is 9.80 Å². The summed E-state index contributed by atoms with van der Waals surface area (Å²) in [5.74, 6) is 0.142. The van der Waals surface area contributed by atoms with Crippen LogP contribution in [0.5, 0.6) is 0 Å². The number of nitrogens with zero attached hydrogens (tertiary/aromatic N) is 2. The second-order valence-electron chi connectivity index (χ2n) is 6.01. The molecule has 0 radical (unpaired) electrons. The Balaban J connectivity index is 1.80. The van der Waals surface area contributed by atoms with E-state index in [1.165, 1.54) is 19.4 Å². The predicted octanol–water partition coefficient (Wildman–Crippen LogP) is 1.89. The first-order chi connectivity index (χ1) is 9.65. The number of carbonyl (C=O) groups is 1. The Morgan fingerprint density at radius 3 is 2.90 bits per heavy atom. The summed E-state index contributed by atoms with van der Waals surface area (Å²) in [7, 11) is 0. The fourth-order valence-electron chi connectivity index (χ4n) is 3.43. The lowest BCUT2D eigenvalue weighted by atomic mass is 10.1. The summed E-state index contributed by atoms with van der Waals surface area (Å²) in [6, 6.07) is 6.16. The zero-order valence-electron chi connectivity index (χ0n) is 12.1. The maximum atomic E-state index is 12.8. The summed E-state index contributed by atoms with van der Waals surface area (Å²) in [6.45, 7) is 6.04. The number of fused-ring (bicyclic) bond motifs is 1. The average molecular weight is 273 g/mol. The summed E-state index contributed by atoms with van der Waals surface area (Å²) in [5, 5.41) is 0. The molecule has 2 fully saturated rings. The summed E-state index contributed by atoms with van der Waals surface area (Å²) < 4.78 is 0. The highest BCUT2D eigenvalue weighted by atomic mass is 16.2. The monoisotopic (exact) mass is 273 g/mol. The Bertz CT molecular complexity index is 514. The third-order valence-electron chi connectivity index (χ3n) is 4.58. The number of anilines is 1. The van der Waals surface area contributed by atoms with Crippen molar-refractivity contribution in [3.63, 3.8) is 0 Å². The minimum Gasteiger partial charge on any atom is -0.399 e. The van der Waals surface area contributed by atoms with Gasteiger partial charge in [-0.05, 0) is 50.4 Å². The standard InChI is InChI=1S/C16H23N3O/c1-12-5-6-13(17)10-15(12)16(20)19-9-3-8-18-7-2-4-14(18)11-19/h5-6,10,14H,2-4,7-9,11,17H2,1H3. The molecule has 1 unspecified atom stereocenters. The molecule has 1 atom stereocenters. The van der Waals surface area contributed by atoms with E-state index in [-0.39, 0.29) is 5.91 Å². The highest BCUT2D eigenvalue weighted by Gasteiger charge is 2.31. The Morgan fingerprint density at radius 1 is 1.25 bits per heavy atom. The fourth-order valence-corrected chi connectivity index (χ4v) is 3.43. The molecule has 0 aromatic heterocycles. The number of hydrogen-bond donors (Lipinski definition) is 1. The second kappa shape index (κ2) is 5.44. The predicted molar refractivity (Wildman–Crippen MR) is 80.7 cm³/mol. The molecule has 1 amide bonds. The van der Waals surface area contributed by atoms with E-state index in [4.69, 9.17) is 5.73 Å². The molecule has 108 valence electrons. The maximum absolute atomic E-state index is 12.8. The molecule has 2 aliphatic rings. The number of hydrogen-bond acceptors (Lipinski definition) is 3. The van der Waals surface area contributed by atoms with Crippen LogP contribution in [-0.2, 0) is 0 Å². The molecule has 4 heteroatoms. The summed E-state index contributed by atoms with van der Waals surface area (Å²) in [5.41, 5.74) is 8.27. The van der Waals surface area contributed by atoms with E-state index in [1.54, 1.807) is 0 Å². The molecule has 2 saturated heterocycles. The molecule has 0 bridgehead atoms. The third-order valence-corrected chi connectivity index (χ3v) is 4.58. The van der Waals surface area contributed by atoms with Gasteiger partial charge in [-0.1, -0.05) is 6.07 Å². The van der Waals surface area contributed by atoms with Crippen LogP contribution in [0.4, 0.5) is 5.69 Å². The van der Waals surface area contributed by atoms with Gasteiger partial charge in [0.25, 0.3) is 5.91 Å². The number of aryl methyl sites for hydroxylation is 1. The van der Waals surface area contributed by atoms with E-state index in [0.29, 0.717) is 11.7 Å². The first-order valence-electron chi connectivity index (χ1n) is 7.54. The van der Waals surface area contributed by atoms with Crippen molar-refractivity contribution in [2.24, 2.45) is 0 Å². The van der Waals surface area contributed by atoms with E-state index in [0.717, 1.165) is 37.2 Å². The fraction of sp³-hybridized carbons (Fsp3) is 0.562. The molecule has 2 heterocycles. The van der Waals surface area contributed by atoms with Crippen molar-refractivity contribution >= 4 is 11.6 Å². The second-order valence-corrected chi connectivity index (χ2v) is 6.01. The van der Waals surface area contributed by atoms with Crippen LogP contribution in [0.1, 0.15) is 35.2 Å². The lowest BCUT2D eigenvalue weighted by Crippen LogP contribution is -2.39. The van der Waals surface area contributed by atoms with Crippen LogP contribution in [0.2, 0.25) is 0 Å². The minimum atomic E-state index is 0.142. The largest absolute Gasteiger partial charge is 0.399 e. The summed E-state index contributed by atoms with van der Waals surface area (Å²) in [4.78, 5) is 17.3. The van der Waals surface area contributed by atoms with Gasteiger partial charge in [-0.2, -0.15) is 0 Å². The lowest BCUT2D eigenvalue weighted by molar-refractivity contribution is 0.0743. The van der Waals surface area contributed by atoms with Gasteiger partial charge in [0, 0.05) is 36.9 Å². The van der Waals surface area contributed by atoms with Crippen molar-refractivity contribution in [3.8, 4) is 0 Å². The van der Waals surface area contributed by atoms with Crippen LogP contribution in [0, 0.1) is 6.92 Å². The van der Waals surface area contributed by atoms with Crippen molar-refractivity contribution in [2.75, 3.05) is 31.9 Å². The first kappa shape index (κ1) is 13.4. The SMILES string of the molecule is Cc1ccc(N)cc1C(=O)N1CCCN2CCCC2C1. The smallest absolute Gasteiger partial charge is 0.254 e. The van der Waals surface area contributed by atoms with Crippen LogP contribution >= 0.6 is 0 Å². The van der Waals surface area contributed by atoms with E-state index >= 15 is 0 Å². The molecule has 0 aliphatic carbocycles. The molecule has 0 saturated carbocycles. The van der Waals surface area contributed by atoms with Gasteiger partial charge < -0.3 is 10.6 Å². The van der Waals surface area contributed by atoms with Crippen LogP contribution in [0.15, 0.2) is 18.2 Å². The molecule has 3 rings (SSSR count). The van der Waals surface area contributed by atoms with Gasteiger partial charge in [0.05, 0.1) is 0 Å². The van der Waals surface area contributed by atoms with Crippen LogP contribution in [-0.4, -0.2) is 47.9 Å².